The minimum atomic E-state index is -1.49. The van der Waals surface area contributed by atoms with Gasteiger partial charge in [0.15, 0.2) is 0 Å². The lowest BCUT2D eigenvalue weighted by Gasteiger charge is -2.72. The van der Waals surface area contributed by atoms with E-state index in [9.17, 15) is 30.6 Å². The standard InChI is InChI=1S/C36H60O7/c1-19-10-15-36(31(42)30-29(41)28(40)27(39)22(18-37)43-30)17-16-34(6)21(26(36)20(19)2)8-9-24-33(5)13-12-25(38)32(3,4)23(33)11-14-35(24,34)7/h8,19-20,22-31,37-42H,9-18H2,1-7H3/t19-,20+,22?,23?,24?,25+,26?,27-,28?,29?,30-,31?,33+,34-,35-,36+/m1/s1. The van der Waals surface area contributed by atoms with Crippen LogP contribution in [0.2, 0.25) is 0 Å². The second kappa shape index (κ2) is 10.5. The van der Waals surface area contributed by atoms with Crippen LogP contribution in [0.15, 0.2) is 11.6 Å². The number of fused-ring (bicyclic) bond motifs is 7. The van der Waals surface area contributed by atoms with Crippen LogP contribution in [0.5, 0.6) is 0 Å². The summed E-state index contributed by atoms with van der Waals surface area (Å²) in [7, 11) is 0. The van der Waals surface area contributed by atoms with Gasteiger partial charge in [0.25, 0.3) is 0 Å². The van der Waals surface area contributed by atoms with Crippen molar-refractivity contribution in [3.8, 4) is 0 Å². The Bertz CT molecular complexity index is 1110. The van der Waals surface area contributed by atoms with E-state index in [1.807, 2.05) is 0 Å². The van der Waals surface area contributed by atoms with Crippen molar-refractivity contribution in [1.82, 2.24) is 0 Å². The van der Waals surface area contributed by atoms with Crippen LogP contribution in [0.25, 0.3) is 0 Å². The third-order valence-corrected chi connectivity index (χ3v) is 15.9. The topological polar surface area (TPSA) is 131 Å². The molecule has 5 fully saturated rings. The van der Waals surface area contributed by atoms with Gasteiger partial charge >= 0.3 is 0 Å². The van der Waals surface area contributed by atoms with Gasteiger partial charge in [0.2, 0.25) is 0 Å². The number of allylic oxidation sites excluding steroid dienone is 2. The van der Waals surface area contributed by atoms with Crippen molar-refractivity contribution in [2.45, 2.75) is 149 Å². The summed E-state index contributed by atoms with van der Waals surface area (Å²) in [5.41, 5.74) is 1.10. The molecule has 1 saturated heterocycles. The molecule has 0 amide bonds. The van der Waals surface area contributed by atoms with E-state index in [1.54, 1.807) is 0 Å². The summed E-state index contributed by atoms with van der Waals surface area (Å²) in [5, 5.41) is 65.4. The SMILES string of the molecule is C[C@@H]1CC[C@]2(C(O)[C@@H]3OC(CO)[C@@H](O)C(O)C3O)CC[C@]3(C)C(=CCC4[C@@]5(C)CC[C@H](O)C(C)(C)C5CC[C@]43C)C2[C@H]1C. The van der Waals surface area contributed by atoms with Crippen LogP contribution in [0, 0.1) is 56.7 Å². The maximum absolute atomic E-state index is 12.3. The lowest BCUT2D eigenvalue weighted by Crippen LogP contribution is -2.68. The van der Waals surface area contributed by atoms with Crippen molar-refractivity contribution in [1.29, 1.82) is 0 Å². The zero-order valence-corrected chi connectivity index (χ0v) is 27.7. The van der Waals surface area contributed by atoms with Crippen LogP contribution in [-0.4, -0.2) is 80.0 Å². The van der Waals surface area contributed by atoms with Gasteiger partial charge in [0, 0.05) is 5.41 Å². The van der Waals surface area contributed by atoms with Crippen LogP contribution < -0.4 is 0 Å². The van der Waals surface area contributed by atoms with E-state index in [0.717, 1.165) is 57.8 Å². The van der Waals surface area contributed by atoms with Crippen LogP contribution in [0.4, 0.5) is 0 Å². The summed E-state index contributed by atoms with van der Waals surface area (Å²) in [6.07, 6.45) is 3.59. The minimum absolute atomic E-state index is 0.0291. The second-order valence-electron chi connectivity index (χ2n) is 17.5. The maximum Gasteiger partial charge on any atom is 0.113 e. The van der Waals surface area contributed by atoms with E-state index >= 15 is 0 Å². The maximum atomic E-state index is 12.3. The first-order valence-electron chi connectivity index (χ1n) is 17.4. The van der Waals surface area contributed by atoms with Crippen LogP contribution in [-0.2, 0) is 4.74 Å². The number of hydrogen-bond donors (Lipinski definition) is 6. The van der Waals surface area contributed by atoms with Crippen molar-refractivity contribution in [3.63, 3.8) is 0 Å². The van der Waals surface area contributed by atoms with Gasteiger partial charge in [0.05, 0.1) is 18.8 Å². The summed E-state index contributed by atoms with van der Waals surface area (Å²) in [6, 6.07) is 0. The molecule has 0 bridgehead atoms. The Morgan fingerprint density at radius 2 is 1.53 bits per heavy atom. The smallest absolute Gasteiger partial charge is 0.113 e. The number of aliphatic hydroxyl groups is 6. The molecule has 0 aromatic heterocycles. The molecule has 7 unspecified atom stereocenters. The summed E-state index contributed by atoms with van der Waals surface area (Å²) in [6.45, 7) is 16.3. The first kappa shape index (κ1) is 32.4. The van der Waals surface area contributed by atoms with E-state index in [1.165, 1.54) is 5.57 Å². The first-order valence-corrected chi connectivity index (χ1v) is 17.4. The number of hydrogen-bond acceptors (Lipinski definition) is 7. The molecule has 43 heavy (non-hydrogen) atoms. The van der Waals surface area contributed by atoms with Crippen LogP contribution in [0.3, 0.4) is 0 Å². The number of ether oxygens (including phenoxy) is 1. The fourth-order valence-corrected chi connectivity index (χ4v) is 12.8. The van der Waals surface area contributed by atoms with Gasteiger partial charge in [-0.25, -0.2) is 0 Å². The molecule has 246 valence electrons. The molecule has 1 aliphatic heterocycles. The van der Waals surface area contributed by atoms with Gasteiger partial charge in [0.1, 0.15) is 30.5 Å². The van der Waals surface area contributed by atoms with Crippen molar-refractivity contribution in [3.05, 3.63) is 11.6 Å². The van der Waals surface area contributed by atoms with Crippen molar-refractivity contribution in [2.75, 3.05) is 6.61 Å². The lowest BCUT2D eigenvalue weighted by molar-refractivity contribution is -0.274. The zero-order valence-electron chi connectivity index (χ0n) is 27.7. The Hall–Kier alpha value is -0.540. The normalized spacial score (nSPS) is 57.0. The molecule has 7 nitrogen and oxygen atoms in total. The van der Waals surface area contributed by atoms with Gasteiger partial charge in [-0.3, -0.25) is 0 Å². The van der Waals surface area contributed by atoms with Crippen molar-refractivity contribution >= 4 is 0 Å². The van der Waals surface area contributed by atoms with Gasteiger partial charge in [-0.05, 0) is 109 Å². The fourth-order valence-electron chi connectivity index (χ4n) is 12.8. The Morgan fingerprint density at radius 3 is 2.21 bits per heavy atom. The number of rotatable bonds is 3. The number of aliphatic hydroxyl groups excluding tert-OH is 6. The third-order valence-electron chi connectivity index (χ3n) is 15.9. The lowest BCUT2D eigenvalue weighted by atomic mass is 9.33. The highest BCUT2D eigenvalue weighted by Crippen LogP contribution is 2.76. The van der Waals surface area contributed by atoms with Gasteiger partial charge in [-0.15, -0.1) is 0 Å². The summed E-state index contributed by atoms with van der Waals surface area (Å²) in [4.78, 5) is 0. The predicted molar refractivity (Wildman–Crippen MR) is 165 cm³/mol. The Labute approximate surface area is 259 Å². The third kappa shape index (κ3) is 4.17. The van der Waals surface area contributed by atoms with Gasteiger partial charge in [-0.1, -0.05) is 60.1 Å². The largest absolute Gasteiger partial charge is 0.394 e. The average molecular weight is 605 g/mol. The van der Waals surface area contributed by atoms with E-state index in [0.29, 0.717) is 23.7 Å². The van der Waals surface area contributed by atoms with E-state index < -0.39 is 48.6 Å². The minimum Gasteiger partial charge on any atom is -0.394 e. The molecule has 6 rings (SSSR count). The molecule has 6 N–H and O–H groups in total. The molecule has 5 aliphatic carbocycles. The second-order valence-corrected chi connectivity index (χ2v) is 17.5. The van der Waals surface area contributed by atoms with Gasteiger partial charge in [-0.2, -0.15) is 0 Å². The molecule has 0 aromatic carbocycles. The molecule has 16 atom stereocenters. The zero-order chi connectivity index (χ0) is 31.5. The molecular formula is C36H60O7. The van der Waals surface area contributed by atoms with Gasteiger partial charge < -0.3 is 35.4 Å². The molecule has 0 spiro atoms. The Balaban J connectivity index is 1.41. The predicted octanol–water partition coefficient (Wildman–Crippen LogP) is 4.21. The van der Waals surface area contributed by atoms with E-state index in [2.05, 4.69) is 54.5 Å². The first-order chi connectivity index (χ1) is 20.0. The van der Waals surface area contributed by atoms with E-state index in [-0.39, 0.29) is 33.7 Å². The molecular weight excluding hydrogens is 544 g/mol. The summed E-state index contributed by atoms with van der Waals surface area (Å²) >= 11 is 0. The molecule has 7 heteroatoms. The summed E-state index contributed by atoms with van der Waals surface area (Å²) < 4.78 is 6.02. The molecule has 0 radical (unpaired) electrons. The highest BCUT2D eigenvalue weighted by molar-refractivity contribution is 5.35. The van der Waals surface area contributed by atoms with Crippen molar-refractivity contribution < 1.29 is 35.4 Å². The molecule has 4 saturated carbocycles. The van der Waals surface area contributed by atoms with Crippen LogP contribution >= 0.6 is 0 Å². The van der Waals surface area contributed by atoms with Crippen LogP contribution in [0.1, 0.15) is 106 Å². The monoisotopic (exact) mass is 604 g/mol. The summed E-state index contributed by atoms with van der Waals surface area (Å²) in [5.74, 6) is 1.95. The highest BCUT2D eigenvalue weighted by Gasteiger charge is 2.70. The molecule has 1 heterocycles. The Morgan fingerprint density at radius 1 is 0.837 bits per heavy atom. The van der Waals surface area contributed by atoms with E-state index in [4.69, 9.17) is 4.74 Å². The van der Waals surface area contributed by atoms with Crippen molar-refractivity contribution in [2.24, 2.45) is 56.7 Å². The molecule has 6 aliphatic rings. The Kier molecular flexibility index (Phi) is 7.90. The fraction of sp³-hybridized carbons (Fsp3) is 0.944. The highest BCUT2D eigenvalue weighted by atomic mass is 16.6. The average Bonchev–Trinajstić information content (AvgIpc) is 2.96. The molecule has 0 aromatic rings. The quantitative estimate of drug-likeness (QED) is 0.266.